The second-order valence-electron chi connectivity index (χ2n) is 7.15. The Morgan fingerprint density at radius 2 is 1.71 bits per heavy atom. The molecule has 0 saturated carbocycles. The molecule has 1 heterocycles. The number of nitrogens with zero attached hydrogens (tertiary/aromatic N) is 3. The topological polar surface area (TPSA) is 47.0 Å². The highest BCUT2D eigenvalue weighted by molar-refractivity contribution is 5.94. The van der Waals surface area contributed by atoms with Crippen LogP contribution in [0.1, 0.15) is 42.3 Å². The van der Waals surface area contributed by atoms with Crippen molar-refractivity contribution in [2.24, 2.45) is 0 Å². The largest absolute Gasteiger partial charge is 0.388 e. The third-order valence-corrected chi connectivity index (χ3v) is 4.72. The maximum Gasteiger partial charge on any atom is 0.253 e. The molecule has 0 spiro atoms. The van der Waals surface area contributed by atoms with Crippen LogP contribution in [-0.4, -0.2) is 78.6 Å². The van der Waals surface area contributed by atoms with Crippen LogP contribution in [0.25, 0.3) is 0 Å². The summed E-state index contributed by atoms with van der Waals surface area (Å²) in [5.41, 5.74) is 1.58. The predicted molar refractivity (Wildman–Crippen MR) is 97.2 cm³/mol. The zero-order valence-electron chi connectivity index (χ0n) is 15.4. The molecular weight excluding hydrogens is 302 g/mol. The summed E-state index contributed by atoms with van der Waals surface area (Å²) >= 11 is 0. The fourth-order valence-electron chi connectivity index (χ4n) is 3.02. The maximum absolute atomic E-state index is 12.6. The van der Waals surface area contributed by atoms with Crippen LogP contribution in [0.5, 0.6) is 0 Å². The monoisotopic (exact) mass is 333 g/mol. The van der Waals surface area contributed by atoms with E-state index in [-0.39, 0.29) is 5.91 Å². The van der Waals surface area contributed by atoms with Gasteiger partial charge in [-0.3, -0.25) is 9.69 Å². The third-order valence-electron chi connectivity index (χ3n) is 4.72. The lowest BCUT2D eigenvalue weighted by atomic mass is 10.0. The second kappa shape index (κ2) is 8.60. The van der Waals surface area contributed by atoms with Crippen LogP contribution in [0.2, 0.25) is 0 Å². The first-order valence-corrected chi connectivity index (χ1v) is 8.84. The van der Waals surface area contributed by atoms with Crippen molar-refractivity contribution in [1.82, 2.24) is 14.7 Å². The van der Waals surface area contributed by atoms with Crippen molar-refractivity contribution in [3.05, 3.63) is 35.4 Å². The smallest absolute Gasteiger partial charge is 0.253 e. The number of aliphatic hydroxyl groups is 1. The molecule has 1 aliphatic rings. The van der Waals surface area contributed by atoms with Gasteiger partial charge in [-0.25, -0.2) is 0 Å². The molecule has 2 rings (SSSR count). The number of benzene rings is 1. The van der Waals surface area contributed by atoms with E-state index in [0.29, 0.717) is 18.0 Å². The van der Waals surface area contributed by atoms with Crippen molar-refractivity contribution >= 4 is 5.91 Å². The van der Waals surface area contributed by atoms with Crippen LogP contribution in [0.4, 0.5) is 0 Å². The zero-order chi connectivity index (χ0) is 17.7. The van der Waals surface area contributed by atoms with Crippen LogP contribution < -0.4 is 0 Å². The highest BCUT2D eigenvalue weighted by Crippen LogP contribution is 2.18. The molecular formula is C19H31N3O2. The Morgan fingerprint density at radius 3 is 2.21 bits per heavy atom. The van der Waals surface area contributed by atoms with Gasteiger partial charge in [0.1, 0.15) is 0 Å². The molecule has 1 N–H and O–H groups in total. The van der Waals surface area contributed by atoms with Gasteiger partial charge in [0.05, 0.1) is 6.10 Å². The molecule has 1 fully saturated rings. The number of aliphatic hydroxyl groups excluding tert-OH is 1. The van der Waals surface area contributed by atoms with Crippen LogP contribution in [0.15, 0.2) is 24.3 Å². The SMILES string of the molecule is CC(C)N1CCN(C(=O)c2ccc(C(O)CCN(C)C)cc2)CC1. The summed E-state index contributed by atoms with van der Waals surface area (Å²) in [6.07, 6.45) is 0.211. The highest BCUT2D eigenvalue weighted by atomic mass is 16.3. The summed E-state index contributed by atoms with van der Waals surface area (Å²) < 4.78 is 0. The molecule has 0 aromatic heterocycles. The Bertz CT molecular complexity index is 520. The van der Waals surface area contributed by atoms with Gasteiger partial charge in [-0.1, -0.05) is 12.1 Å². The molecule has 1 atom stereocenters. The molecule has 1 saturated heterocycles. The lowest BCUT2D eigenvalue weighted by Crippen LogP contribution is -2.50. The number of piperazine rings is 1. The molecule has 1 amide bonds. The minimum Gasteiger partial charge on any atom is -0.388 e. The average Bonchev–Trinajstić information content (AvgIpc) is 2.59. The normalized spacial score (nSPS) is 17.5. The van der Waals surface area contributed by atoms with Crippen LogP contribution in [-0.2, 0) is 0 Å². The standard InChI is InChI=1S/C19H31N3O2/c1-15(2)21-11-13-22(14-12-21)19(24)17-7-5-16(6-8-17)18(23)9-10-20(3)4/h5-8,15,18,23H,9-14H2,1-4H3. The van der Waals surface area contributed by atoms with E-state index in [9.17, 15) is 9.90 Å². The van der Waals surface area contributed by atoms with Gasteiger partial charge in [-0.15, -0.1) is 0 Å². The van der Waals surface area contributed by atoms with Crippen molar-refractivity contribution in [2.75, 3.05) is 46.8 Å². The molecule has 24 heavy (non-hydrogen) atoms. The van der Waals surface area contributed by atoms with E-state index in [2.05, 4.69) is 23.6 Å². The van der Waals surface area contributed by atoms with E-state index in [0.717, 1.165) is 38.3 Å². The Kier molecular flexibility index (Phi) is 6.78. The quantitative estimate of drug-likeness (QED) is 0.863. The Labute approximate surface area is 145 Å². The van der Waals surface area contributed by atoms with Crippen LogP contribution in [0, 0.1) is 0 Å². The lowest BCUT2D eigenvalue weighted by Gasteiger charge is -2.37. The number of hydrogen-bond donors (Lipinski definition) is 1. The van der Waals surface area contributed by atoms with Gasteiger partial charge in [-0.05, 0) is 52.1 Å². The fourth-order valence-corrected chi connectivity index (χ4v) is 3.02. The van der Waals surface area contributed by atoms with Gasteiger partial charge in [0, 0.05) is 44.3 Å². The minimum atomic E-state index is -0.480. The van der Waals surface area contributed by atoms with Crippen molar-refractivity contribution in [2.45, 2.75) is 32.4 Å². The number of rotatable bonds is 6. The third kappa shape index (κ3) is 5.03. The first-order valence-electron chi connectivity index (χ1n) is 8.84. The van der Waals surface area contributed by atoms with Gasteiger partial charge in [-0.2, -0.15) is 0 Å². The van der Waals surface area contributed by atoms with Gasteiger partial charge >= 0.3 is 0 Å². The number of carbonyl (C=O) groups is 1. The van der Waals surface area contributed by atoms with Gasteiger partial charge in [0.2, 0.25) is 0 Å². The van der Waals surface area contributed by atoms with E-state index >= 15 is 0 Å². The summed E-state index contributed by atoms with van der Waals surface area (Å²) in [5, 5.41) is 10.2. The van der Waals surface area contributed by atoms with Crippen molar-refractivity contribution in [3.63, 3.8) is 0 Å². The predicted octanol–water partition coefficient (Wildman–Crippen LogP) is 1.84. The maximum atomic E-state index is 12.6. The van der Waals surface area contributed by atoms with E-state index in [1.807, 2.05) is 43.3 Å². The van der Waals surface area contributed by atoms with Crippen molar-refractivity contribution in [3.8, 4) is 0 Å². The molecule has 1 aliphatic heterocycles. The van der Waals surface area contributed by atoms with E-state index in [4.69, 9.17) is 0 Å². The summed E-state index contributed by atoms with van der Waals surface area (Å²) in [6, 6.07) is 7.96. The van der Waals surface area contributed by atoms with Gasteiger partial charge < -0.3 is 14.9 Å². The molecule has 1 aromatic carbocycles. The first kappa shape index (κ1) is 18.9. The summed E-state index contributed by atoms with van der Waals surface area (Å²) in [7, 11) is 3.99. The zero-order valence-corrected chi connectivity index (χ0v) is 15.4. The van der Waals surface area contributed by atoms with Crippen molar-refractivity contribution < 1.29 is 9.90 Å². The summed E-state index contributed by atoms with van der Waals surface area (Å²) in [5.74, 6) is 0.0905. The number of amides is 1. The van der Waals surface area contributed by atoms with E-state index in [1.54, 1.807) is 0 Å². The fraction of sp³-hybridized carbons (Fsp3) is 0.632. The molecule has 0 aliphatic carbocycles. The minimum absolute atomic E-state index is 0.0905. The number of hydrogen-bond acceptors (Lipinski definition) is 4. The Morgan fingerprint density at radius 1 is 1.12 bits per heavy atom. The van der Waals surface area contributed by atoms with Gasteiger partial charge in [0.25, 0.3) is 5.91 Å². The molecule has 0 bridgehead atoms. The Hall–Kier alpha value is -1.43. The van der Waals surface area contributed by atoms with Crippen LogP contribution in [0.3, 0.4) is 0 Å². The second-order valence-corrected chi connectivity index (χ2v) is 7.15. The molecule has 134 valence electrons. The molecule has 5 heteroatoms. The van der Waals surface area contributed by atoms with E-state index in [1.165, 1.54) is 0 Å². The summed E-state index contributed by atoms with van der Waals surface area (Å²) in [4.78, 5) is 19.0. The lowest BCUT2D eigenvalue weighted by molar-refractivity contribution is 0.0595. The highest BCUT2D eigenvalue weighted by Gasteiger charge is 2.23. The average molecular weight is 333 g/mol. The molecule has 1 aromatic rings. The summed E-state index contributed by atoms with van der Waals surface area (Å²) in [6.45, 7) is 8.65. The molecule has 0 radical (unpaired) electrons. The number of carbonyl (C=O) groups excluding carboxylic acids is 1. The molecule has 5 nitrogen and oxygen atoms in total. The Balaban J connectivity index is 1.92. The first-order chi connectivity index (χ1) is 11.4. The molecule has 1 unspecified atom stereocenters. The van der Waals surface area contributed by atoms with Gasteiger partial charge in [0.15, 0.2) is 0 Å². The van der Waals surface area contributed by atoms with Crippen LogP contribution >= 0.6 is 0 Å². The van der Waals surface area contributed by atoms with Crippen molar-refractivity contribution in [1.29, 1.82) is 0 Å². The van der Waals surface area contributed by atoms with E-state index < -0.39 is 6.10 Å².